The van der Waals surface area contributed by atoms with Crippen LogP contribution in [0.25, 0.3) is 0 Å². The molecule has 2 rings (SSSR count). The fourth-order valence-corrected chi connectivity index (χ4v) is 3.20. The minimum absolute atomic E-state index is 0.634. The zero-order valence-corrected chi connectivity index (χ0v) is 10.9. The van der Waals surface area contributed by atoms with E-state index in [1.165, 1.54) is 18.0 Å². The maximum atomic E-state index is 4.48. The monoisotopic (exact) mass is 243 g/mol. The van der Waals surface area contributed by atoms with Crippen molar-refractivity contribution in [1.29, 1.82) is 0 Å². The van der Waals surface area contributed by atoms with Crippen LogP contribution in [0.15, 0.2) is 0 Å². The molecule has 1 aromatic heterocycles. The fourth-order valence-electron chi connectivity index (χ4n) is 2.26. The van der Waals surface area contributed by atoms with Crippen molar-refractivity contribution in [1.82, 2.24) is 9.36 Å². The lowest BCUT2D eigenvalue weighted by Crippen LogP contribution is -2.38. The molecule has 0 bridgehead atoms. The largest absolute Gasteiger partial charge is 0.346 e. The van der Waals surface area contributed by atoms with E-state index in [4.69, 9.17) is 0 Å². The van der Waals surface area contributed by atoms with Gasteiger partial charge in [0.15, 0.2) is 5.82 Å². The van der Waals surface area contributed by atoms with Crippen molar-refractivity contribution in [3.05, 3.63) is 5.82 Å². The van der Waals surface area contributed by atoms with Crippen LogP contribution in [0.3, 0.4) is 0 Å². The van der Waals surface area contributed by atoms with Crippen molar-refractivity contribution < 1.29 is 0 Å². The van der Waals surface area contributed by atoms with Gasteiger partial charge in [-0.25, -0.2) is 4.98 Å². The SMILES string of the molecule is CC1CC(C)CN(c2nc(CS)ns2)C1. The summed E-state index contributed by atoms with van der Waals surface area (Å²) < 4.78 is 4.27. The molecule has 5 heteroatoms. The van der Waals surface area contributed by atoms with Crippen LogP contribution in [0.2, 0.25) is 0 Å². The first-order valence-corrected chi connectivity index (χ1v) is 6.78. The number of hydrogen-bond donors (Lipinski definition) is 1. The third-order valence-corrected chi connectivity index (χ3v) is 3.84. The van der Waals surface area contributed by atoms with Crippen LogP contribution in [0.4, 0.5) is 5.13 Å². The molecule has 2 atom stereocenters. The van der Waals surface area contributed by atoms with Crippen LogP contribution in [0.5, 0.6) is 0 Å². The minimum Gasteiger partial charge on any atom is -0.346 e. The summed E-state index contributed by atoms with van der Waals surface area (Å²) in [5, 5.41) is 1.07. The van der Waals surface area contributed by atoms with Gasteiger partial charge in [0, 0.05) is 24.6 Å². The minimum atomic E-state index is 0.634. The summed E-state index contributed by atoms with van der Waals surface area (Å²) in [5.41, 5.74) is 0. The fraction of sp³-hybridized carbons (Fsp3) is 0.800. The van der Waals surface area contributed by atoms with Crippen LogP contribution < -0.4 is 4.90 Å². The number of hydrogen-bond acceptors (Lipinski definition) is 5. The Morgan fingerprint density at radius 3 is 2.60 bits per heavy atom. The van der Waals surface area contributed by atoms with Gasteiger partial charge in [-0.3, -0.25) is 0 Å². The molecule has 0 aliphatic carbocycles. The molecule has 1 aliphatic rings. The van der Waals surface area contributed by atoms with Crippen molar-refractivity contribution in [2.45, 2.75) is 26.0 Å². The molecule has 1 aromatic rings. The number of piperidine rings is 1. The number of thiol groups is 1. The molecular weight excluding hydrogens is 226 g/mol. The van der Waals surface area contributed by atoms with Gasteiger partial charge in [-0.05, 0) is 18.3 Å². The highest BCUT2D eigenvalue weighted by Crippen LogP contribution is 2.27. The molecular formula is C10H17N3S2. The average molecular weight is 243 g/mol. The summed E-state index contributed by atoms with van der Waals surface area (Å²) >= 11 is 5.69. The summed E-state index contributed by atoms with van der Waals surface area (Å²) in [6, 6.07) is 0. The maximum Gasteiger partial charge on any atom is 0.205 e. The van der Waals surface area contributed by atoms with E-state index in [0.29, 0.717) is 5.75 Å². The number of nitrogens with zero attached hydrogens (tertiary/aromatic N) is 3. The van der Waals surface area contributed by atoms with Gasteiger partial charge >= 0.3 is 0 Å². The van der Waals surface area contributed by atoms with Crippen LogP contribution >= 0.6 is 24.2 Å². The molecule has 84 valence electrons. The summed E-state index contributed by atoms with van der Waals surface area (Å²) in [5.74, 6) is 3.01. The van der Waals surface area contributed by atoms with Crippen LogP contribution in [0.1, 0.15) is 26.1 Å². The molecule has 2 unspecified atom stereocenters. The van der Waals surface area contributed by atoms with Crippen molar-refractivity contribution >= 4 is 29.3 Å². The normalized spacial score (nSPS) is 27.0. The van der Waals surface area contributed by atoms with Crippen molar-refractivity contribution in [2.24, 2.45) is 11.8 Å². The summed E-state index contributed by atoms with van der Waals surface area (Å²) in [7, 11) is 0. The van der Waals surface area contributed by atoms with Crippen LogP contribution in [-0.2, 0) is 5.75 Å². The first-order chi connectivity index (χ1) is 7.19. The predicted octanol–water partition coefficient (Wildman–Crippen LogP) is 2.45. The van der Waals surface area contributed by atoms with Crippen LogP contribution in [-0.4, -0.2) is 22.4 Å². The smallest absolute Gasteiger partial charge is 0.205 e. The third-order valence-electron chi connectivity index (χ3n) is 2.74. The van der Waals surface area contributed by atoms with Crippen LogP contribution in [0, 0.1) is 11.8 Å². The van der Waals surface area contributed by atoms with Gasteiger partial charge in [0.2, 0.25) is 5.13 Å². The molecule has 1 saturated heterocycles. The topological polar surface area (TPSA) is 29.0 Å². The van der Waals surface area contributed by atoms with E-state index in [9.17, 15) is 0 Å². The average Bonchev–Trinajstić information content (AvgIpc) is 2.64. The van der Waals surface area contributed by atoms with Gasteiger partial charge in [-0.15, -0.1) is 0 Å². The maximum absolute atomic E-state index is 4.48. The highest BCUT2D eigenvalue weighted by Gasteiger charge is 2.23. The Morgan fingerprint density at radius 2 is 2.07 bits per heavy atom. The highest BCUT2D eigenvalue weighted by atomic mass is 32.1. The number of aromatic nitrogens is 2. The van der Waals surface area contributed by atoms with E-state index in [0.717, 1.165) is 35.9 Å². The molecule has 1 aliphatic heterocycles. The van der Waals surface area contributed by atoms with Gasteiger partial charge in [0.1, 0.15) is 0 Å². The zero-order chi connectivity index (χ0) is 10.8. The molecule has 0 aromatic carbocycles. The van der Waals surface area contributed by atoms with E-state index in [2.05, 4.69) is 40.7 Å². The summed E-state index contributed by atoms with van der Waals surface area (Å²) in [6.45, 7) is 6.85. The first kappa shape index (κ1) is 11.2. The molecule has 0 saturated carbocycles. The van der Waals surface area contributed by atoms with Gasteiger partial charge in [0.05, 0.1) is 5.75 Å². The van der Waals surface area contributed by atoms with Gasteiger partial charge in [0.25, 0.3) is 0 Å². The van der Waals surface area contributed by atoms with E-state index < -0.39 is 0 Å². The standard InChI is InChI=1S/C10H17N3S2/c1-7-3-8(2)5-13(4-7)10-11-9(6-14)12-15-10/h7-8,14H,3-6H2,1-2H3. The molecule has 0 N–H and O–H groups in total. The van der Waals surface area contributed by atoms with E-state index in [1.807, 2.05) is 0 Å². The van der Waals surface area contributed by atoms with Gasteiger partial charge in [-0.2, -0.15) is 17.0 Å². The summed E-state index contributed by atoms with van der Waals surface area (Å²) in [6.07, 6.45) is 1.33. The number of anilines is 1. The Morgan fingerprint density at radius 1 is 1.40 bits per heavy atom. The Kier molecular flexibility index (Phi) is 3.51. The Hall–Kier alpha value is -0.290. The van der Waals surface area contributed by atoms with Crippen molar-refractivity contribution in [3.63, 3.8) is 0 Å². The zero-order valence-electron chi connectivity index (χ0n) is 9.18. The Bertz CT molecular complexity index is 316. The number of rotatable bonds is 2. The lowest BCUT2D eigenvalue weighted by atomic mass is 9.92. The van der Waals surface area contributed by atoms with E-state index in [-0.39, 0.29) is 0 Å². The first-order valence-electron chi connectivity index (χ1n) is 5.37. The second-order valence-corrected chi connectivity index (χ2v) is 5.55. The molecule has 0 radical (unpaired) electrons. The molecule has 0 amide bonds. The molecule has 3 nitrogen and oxygen atoms in total. The quantitative estimate of drug-likeness (QED) is 0.809. The third kappa shape index (κ3) is 2.64. The second kappa shape index (κ2) is 4.70. The van der Waals surface area contributed by atoms with Gasteiger partial charge < -0.3 is 4.90 Å². The molecule has 1 fully saturated rings. The Balaban J connectivity index is 2.09. The van der Waals surface area contributed by atoms with E-state index in [1.54, 1.807) is 0 Å². The van der Waals surface area contributed by atoms with E-state index >= 15 is 0 Å². The predicted molar refractivity (Wildman–Crippen MR) is 67.8 cm³/mol. The summed E-state index contributed by atoms with van der Waals surface area (Å²) in [4.78, 5) is 6.84. The lowest BCUT2D eigenvalue weighted by Gasteiger charge is -2.34. The lowest BCUT2D eigenvalue weighted by molar-refractivity contribution is 0.356. The molecule has 2 heterocycles. The second-order valence-electron chi connectivity index (χ2n) is 4.50. The van der Waals surface area contributed by atoms with Crippen molar-refractivity contribution in [3.8, 4) is 0 Å². The molecule has 0 spiro atoms. The highest BCUT2D eigenvalue weighted by molar-refractivity contribution is 7.79. The molecule has 15 heavy (non-hydrogen) atoms. The Labute approximate surface area is 100 Å². The van der Waals surface area contributed by atoms with Crippen molar-refractivity contribution in [2.75, 3.05) is 18.0 Å². The van der Waals surface area contributed by atoms with Gasteiger partial charge in [-0.1, -0.05) is 13.8 Å².